The molecule has 23 heteroatoms. The molecule has 4 rings (SSSR count). The molecule has 1 heterocycles. The van der Waals surface area contributed by atoms with Gasteiger partial charge in [-0.2, -0.15) is 39.5 Å². The summed E-state index contributed by atoms with van der Waals surface area (Å²) in [6.45, 7) is 21.9. The van der Waals surface area contributed by atoms with E-state index in [2.05, 4.69) is 82.3 Å². The Labute approximate surface area is 377 Å². The fraction of sp³-hybridized carbons (Fsp3) is 0.524. The van der Waals surface area contributed by atoms with Crippen LogP contribution in [0.25, 0.3) is 0 Å². The van der Waals surface area contributed by atoms with E-state index in [9.17, 15) is 74.6 Å². The molecular formula is C42H43Cl2F17N2ORu. The summed E-state index contributed by atoms with van der Waals surface area (Å²) >= 11 is -2.55. The molecule has 1 aliphatic heterocycles. The summed E-state index contributed by atoms with van der Waals surface area (Å²) in [7, 11) is 11.5. The van der Waals surface area contributed by atoms with Crippen LogP contribution < -0.4 is 14.5 Å². The van der Waals surface area contributed by atoms with Crippen LogP contribution in [0.2, 0.25) is 0 Å². The predicted octanol–water partition coefficient (Wildman–Crippen LogP) is 14.7. The van der Waals surface area contributed by atoms with Crippen molar-refractivity contribution < 1.29 is 92.9 Å². The topological polar surface area (TPSA) is 15.7 Å². The third-order valence-electron chi connectivity index (χ3n) is 9.97. The van der Waals surface area contributed by atoms with Crippen LogP contribution in [-0.2, 0) is 19.9 Å². The molecule has 2 radical (unpaired) electrons. The summed E-state index contributed by atoms with van der Waals surface area (Å²) in [5.74, 6) is -56.1. The van der Waals surface area contributed by atoms with Crippen LogP contribution in [0.3, 0.4) is 0 Å². The summed E-state index contributed by atoms with van der Waals surface area (Å²) in [6, 6.07) is 12.6. The van der Waals surface area contributed by atoms with E-state index in [0.29, 0.717) is 0 Å². The van der Waals surface area contributed by atoms with Gasteiger partial charge in [0.05, 0.1) is 0 Å². The van der Waals surface area contributed by atoms with E-state index in [4.69, 9.17) is 24.1 Å². The normalized spacial score (nSPS) is 15.0. The Kier molecular flexibility index (Phi) is 17.2. The molecule has 0 amide bonds. The molecule has 0 aliphatic carbocycles. The van der Waals surface area contributed by atoms with Gasteiger partial charge in [-0.05, 0) is 63.8 Å². The SMILES string of the molecule is CC(C)Oc1ccc(CCCC(F)(F)C(F)(F)C(F)(F)C(F)(F)C(F)(F)C(F)(F)C(F)(F)C(F)(F)F)cc1[CH]=[Ru]([Cl])[Cl].Cc1cc(C)c(N2[C]N(c3c(C)cc(C)cc3C)CC2)c(C)c1. The van der Waals surface area contributed by atoms with Crippen LogP contribution in [0, 0.1) is 48.2 Å². The zero-order valence-electron chi connectivity index (χ0n) is 35.6. The molecule has 0 bridgehead atoms. The van der Waals surface area contributed by atoms with Gasteiger partial charge < -0.3 is 9.80 Å². The minimum atomic E-state index is -8.64. The Morgan fingerprint density at radius 2 is 0.985 bits per heavy atom. The molecule has 1 saturated heterocycles. The molecule has 0 spiro atoms. The molecule has 368 valence electrons. The van der Waals surface area contributed by atoms with Crippen molar-refractivity contribution in [3.05, 3.63) is 93.6 Å². The number of benzene rings is 3. The van der Waals surface area contributed by atoms with Crippen molar-refractivity contribution in [2.24, 2.45) is 0 Å². The van der Waals surface area contributed by atoms with Gasteiger partial charge in [-0.25, -0.2) is 0 Å². The fourth-order valence-electron chi connectivity index (χ4n) is 7.11. The second-order valence-corrected chi connectivity index (χ2v) is 21.5. The van der Waals surface area contributed by atoms with Gasteiger partial charge in [0, 0.05) is 24.5 Å². The molecule has 65 heavy (non-hydrogen) atoms. The van der Waals surface area contributed by atoms with Crippen LogP contribution in [0.15, 0.2) is 42.5 Å². The number of anilines is 2. The van der Waals surface area contributed by atoms with Crippen LogP contribution >= 0.6 is 19.4 Å². The second kappa shape index (κ2) is 19.9. The number of ether oxygens (including phenoxy) is 1. The maximum Gasteiger partial charge on any atom is 0.208 e. The Morgan fingerprint density at radius 3 is 1.35 bits per heavy atom. The summed E-state index contributed by atoms with van der Waals surface area (Å²) in [4.78, 5) is 4.56. The first kappa shape index (κ1) is 56.3. The molecule has 0 saturated carbocycles. The molecule has 0 unspecified atom stereocenters. The maximum absolute atomic E-state index is 14.1. The van der Waals surface area contributed by atoms with Crippen LogP contribution in [-0.4, -0.2) is 71.4 Å². The van der Waals surface area contributed by atoms with E-state index >= 15 is 0 Å². The van der Waals surface area contributed by atoms with Crippen LogP contribution in [0.5, 0.6) is 5.75 Å². The number of alkyl halides is 17. The summed E-state index contributed by atoms with van der Waals surface area (Å²) < 4.78 is 234. The van der Waals surface area contributed by atoms with Crippen LogP contribution in [0.1, 0.15) is 71.2 Å². The average Bonchev–Trinajstić information content (AvgIpc) is 3.59. The van der Waals surface area contributed by atoms with Gasteiger partial charge >= 0.3 is 199 Å². The van der Waals surface area contributed by atoms with E-state index in [-0.39, 0.29) is 16.9 Å². The minimum absolute atomic E-state index is 0.00197. The van der Waals surface area contributed by atoms with Gasteiger partial charge in [0.25, 0.3) is 0 Å². The van der Waals surface area contributed by atoms with Gasteiger partial charge in [0.15, 0.2) is 0 Å². The Balaban J connectivity index is 0.000000406. The van der Waals surface area contributed by atoms with Crippen LogP contribution in [0.4, 0.5) is 86.0 Å². The third kappa shape index (κ3) is 11.3. The monoisotopic (exact) mass is 1090 g/mol. The largest absolute Gasteiger partial charge is 0.339 e. The first-order valence-corrected chi connectivity index (χ1v) is 24.6. The van der Waals surface area contributed by atoms with Crippen molar-refractivity contribution in [2.75, 3.05) is 22.9 Å². The minimum Gasteiger partial charge on any atom is -0.339 e. The zero-order valence-corrected chi connectivity index (χ0v) is 38.8. The summed E-state index contributed by atoms with van der Waals surface area (Å²) in [5, 5.41) is 0. The molecule has 1 aliphatic rings. The van der Waals surface area contributed by atoms with Crippen molar-refractivity contribution in [2.45, 2.75) is 128 Å². The standard InChI is InChI=1S/C21H17F17O.C21H26N2.2ClH.Ru/c1-10(2)39-13-7-6-12(9-11(13)3)5-4-8-14(22,23)15(24,25)16(26,27)17(28,29)18(30,31)19(32,33)20(34,35)21(36,37)38;1-14-9-16(3)20(17(4)10-14)22-7-8-23(13-22)21-18(5)11-15(2)12-19(21)6;;;/h3,6-7,9-10H,4-5,8H2,1-2H3;9-12H,7-8H2,1-6H3;2*1H;/q;;;;+2/p-2. The molecule has 3 nitrogen and oxygen atoms in total. The van der Waals surface area contributed by atoms with Gasteiger partial charge in [0.2, 0.25) is 6.67 Å². The molecule has 3 aromatic rings. The predicted molar refractivity (Wildman–Crippen MR) is 212 cm³/mol. The fourth-order valence-corrected chi connectivity index (χ4v) is 8.90. The van der Waals surface area contributed by atoms with E-state index in [0.717, 1.165) is 19.2 Å². The Hall–Kier alpha value is -3.06. The van der Waals surface area contributed by atoms with Crippen molar-refractivity contribution in [1.82, 2.24) is 0 Å². The Bertz CT molecular complexity index is 2080. The Morgan fingerprint density at radius 1 is 0.600 bits per heavy atom. The molecule has 0 atom stereocenters. The van der Waals surface area contributed by atoms with Gasteiger partial charge in [0.1, 0.15) is 0 Å². The number of hydrogen-bond acceptors (Lipinski definition) is 3. The smallest absolute Gasteiger partial charge is 0.208 e. The number of aryl methyl sites for hydroxylation is 7. The zero-order chi connectivity index (χ0) is 50.3. The molecule has 0 aromatic heterocycles. The van der Waals surface area contributed by atoms with E-state index < -0.39 is 86.5 Å². The molecule has 0 N–H and O–H groups in total. The maximum atomic E-state index is 14.1. The summed E-state index contributed by atoms with van der Waals surface area (Å²) in [6.07, 6.45) is -12.7. The van der Waals surface area contributed by atoms with E-state index in [1.54, 1.807) is 13.8 Å². The quantitative estimate of drug-likeness (QED) is 0.111. The van der Waals surface area contributed by atoms with Crippen molar-refractivity contribution >= 4 is 35.4 Å². The first-order valence-electron chi connectivity index (χ1n) is 19.1. The first-order chi connectivity index (χ1) is 29.3. The number of hydrogen-bond donors (Lipinski definition) is 0. The van der Waals surface area contributed by atoms with Gasteiger partial charge in [-0.15, -0.1) is 0 Å². The van der Waals surface area contributed by atoms with E-state index in [1.807, 2.05) is 0 Å². The molecular weight excluding hydrogens is 1040 g/mol. The second-order valence-electron chi connectivity index (χ2n) is 15.7. The van der Waals surface area contributed by atoms with Gasteiger partial charge in [-0.1, -0.05) is 35.4 Å². The molecule has 1 fully saturated rings. The average molecular weight is 1090 g/mol. The number of nitrogens with zero attached hydrogens (tertiary/aromatic N) is 2. The third-order valence-corrected chi connectivity index (χ3v) is 11.8. The summed E-state index contributed by atoms with van der Waals surface area (Å²) in [5.41, 5.74) is 10.8. The van der Waals surface area contributed by atoms with E-state index in [1.165, 1.54) is 61.5 Å². The van der Waals surface area contributed by atoms with Gasteiger partial charge in [-0.3, -0.25) is 0 Å². The van der Waals surface area contributed by atoms with Crippen molar-refractivity contribution in [3.63, 3.8) is 0 Å². The van der Waals surface area contributed by atoms with Crippen molar-refractivity contribution in [3.8, 4) is 5.75 Å². The number of rotatable bonds is 15. The van der Waals surface area contributed by atoms with Crippen molar-refractivity contribution in [1.29, 1.82) is 0 Å². The number of halogens is 19. The molecule has 3 aromatic carbocycles.